The van der Waals surface area contributed by atoms with Gasteiger partial charge < -0.3 is 18.1 Å². The summed E-state index contributed by atoms with van der Waals surface area (Å²) in [5.74, 6) is -0.675. The van der Waals surface area contributed by atoms with Gasteiger partial charge in [0.05, 0.1) is 6.61 Å². The fourth-order valence-electron chi connectivity index (χ4n) is 5.19. The number of ether oxygens (including phenoxy) is 1. The van der Waals surface area contributed by atoms with Crippen molar-refractivity contribution in [1.29, 1.82) is 0 Å². The molecule has 0 aromatic carbocycles. The van der Waals surface area contributed by atoms with Crippen LogP contribution in [0.5, 0.6) is 0 Å². The second kappa shape index (κ2) is 21.3. The summed E-state index contributed by atoms with van der Waals surface area (Å²) < 4.78 is 18.3. The third-order valence-electron chi connectivity index (χ3n) is 6.82. The van der Waals surface area contributed by atoms with E-state index in [0.717, 1.165) is 32.1 Å². The van der Waals surface area contributed by atoms with Gasteiger partial charge in [-0.1, -0.05) is 89.9 Å². The number of hydrogen-bond donors (Lipinski definition) is 1. The number of carboxylic acids is 1. The first-order valence-electron chi connectivity index (χ1n) is 15.1. The van der Waals surface area contributed by atoms with Crippen molar-refractivity contribution in [3.8, 4) is 0 Å². The van der Waals surface area contributed by atoms with Gasteiger partial charge in [-0.3, -0.25) is 9.59 Å². The molecule has 0 aliphatic heterocycles. The third-order valence-corrected chi connectivity index (χ3v) is 18.3. The molecule has 0 aromatic heterocycles. The van der Waals surface area contributed by atoms with Crippen LogP contribution in [0.4, 0.5) is 0 Å². The summed E-state index contributed by atoms with van der Waals surface area (Å²) in [5.41, 5.74) is 0. The van der Waals surface area contributed by atoms with Crippen LogP contribution in [0.3, 0.4) is 0 Å². The summed E-state index contributed by atoms with van der Waals surface area (Å²) in [7, 11) is -5.57. The normalized spacial score (nSPS) is 12.6. The average molecular weight is 577 g/mol. The van der Waals surface area contributed by atoms with Gasteiger partial charge in [-0.25, -0.2) is 0 Å². The van der Waals surface area contributed by atoms with Crippen molar-refractivity contribution in [3.05, 3.63) is 0 Å². The minimum absolute atomic E-state index is 0.312. The second-order valence-corrected chi connectivity index (χ2v) is 24.9. The van der Waals surface area contributed by atoms with Gasteiger partial charge >= 0.3 is 14.5 Å². The summed E-state index contributed by atoms with van der Waals surface area (Å²) >= 11 is 0. The van der Waals surface area contributed by atoms with Gasteiger partial charge in [0.25, 0.3) is 6.47 Å². The number of carboxylic acid groups (broad SMARTS) is 1. The zero-order chi connectivity index (χ0) is 28.0. The lowest BCUT2D eigenvalue weighted by Gasteiger charge is -2.39. The van der Waals surface area contributed by atoms with Crippen molar-refractivity contribution in [1.82, 2.24) is 0 Å². The minimum atomic E-state index is -2.13. The highest BCUT2D eigenvalue weighted by molar-refractivity contribution is 6.87. The number of carbonyl (C=O) groups excluding carboxylic acids is 1. The molecule has 0 fully saturated rings. The van der Waals surface area contributed by atoms with Gasteiger partial charge in [0.1, 0.15) is 0 Å². The first-order valence-corrected chi connectivity index (χ1v) is 24.1. The summed E-state index contributed by atoms with van der Waals surface area (Å²) in [6.07, 6.45) is 19.4. The Balaban J connectivity index is 3.94. The van der Waals surface area contributed by atoms with Crippen LogP contribution in [0.25, 0.3) is 0 Å². The molecule has 1 N–H and O–H groups in total. The molecule has 0 spiro atoms. The van der Waals surface area contributed by atoms with Gasteiger partial charge in [0.15, 0.2) is 16.6 Å². The maximum Gasteiger partial charge on any atom is 0.311 e. The predicted octanol–water partition coefficient (Wildman–Crippen LogP) is 9.02. The van der Waals surface area contributed by atoms with E-state index in [0.29, 0.717) is 19.5 Å². The van der Waals surface area contributed by atoms with Crippen LogP contribution in [-0.4, -0.2) is 49.4 Å². The van der Waals surface area contributed by atoms with E-state index < -0.39 is 31.2 Å². The molecule has 0 rings (SSSR count). The van der Waals surface area contributed by atoms with Crippen molar-refractivity contribution < 1.29 is 27.7 Å². The number of rotatable bonds is 27. The third kappa shape index (κ3) is 25.5. The van der Waals surface area contributed by atoms with E-state index in [1.54, 1.807) is 0 Å². The van der Waals surface area contributed by atoms with Crippen LogP contribution in [0.2, 0.25) is 51.4 Å². The maximum absolute atomic E-state index is 10.5. The van der Waals surface area contributed by atoms with Gasteiger partial charge in [0, 0.05) is 6.42 Å². The zero-order valence-electron chi connectivity index (χ0n) is 25.2. The fourth-order valence-corrected chi connectivity index (χ4v) is 19.4. The molecular weight excluding hydrogens is 517 g/mol. The lowest BCUT2D eigenvalue weighted by molar-refractivity contribution is -0.137. The van der Waals surface area contributed by atoms with E-state index in [4.69, 9.17) is 18.1 Å². The van der Waals surface area contributed by atoms with Gasteiger partial charge in [-0.05, 0) is 64.2 Å². The van der Waals surface area contributed by atoms with E-state index >= 15 is 0 Å². The molecule has 0 bridgehead atoms. The van der Waals surface area contributed by atoms with Crippen LogP contribution in [0.1, 0.15) is 109 Å². The second-order valence-electron chi connectivity index (χ2n) is 12.4. The zero-order valence-corrected chi connectivity index (χ0v) is 28.2. The Morgan fingerprint density at radius 1 is 0.595 bits per heavy atom. The van der Waals surface area contributed by atoms with Gasteiger partial charge in [-0.15, -0.1) is 0 Å². The first kappa shape index (κ1) is 36.5. The highest BCUT2D eigenvalue weighted by Crippen LogP contribution is 2.27. The summed E-state index contributed by atoms with van der Waals surface area (Å²) in [5, 5.41) is 8.68. The molecule has 0 aliphatic rings. The average Bonchev–Trinajstić information content (AvgIpc) is 2.76. The monoisotopic (exact) mass is 576 g/mol. The standard InChI is InChI=1S/C28H60O6Si3/c1-35(2,25-21-17-13-9-7-11-15-19-23-28(30)31)33-37(5,6)34-36(3,4)26-22-18-14-10-8-12-16-20-24-32-27-29/h27H,7-26H2,1-6H3,(H,30,31). The lowest BCUT2D eigenvalue weighted by atomic mass is 10.1. The van der Waals surface area contributed by atoms with Crippen LogP contribution in [0, 0.1) is 0 Å². The van der Waals surface area contributed by atoms with E-state index in [9.17, 15) is 9.59 Å². The molecule has 0 saturated heterocycles. The first-order chi connectivity index (χ1) is 17.4. The maximum atomic E-state index is 10.5. The molecule has 37 heavy (non-hydrogen) atoms. The van der Waals surface area contributed by atoms with Crippen molar-refractivity contribution in [2.45, 2.75) is 161 Å². The molecule has 0 aromatic rings. The molecule has 0 saturated carbocycles. The topological polar surface area (TPSA) is 82.1 Å². The molecular formula is C28H60O6Si3. The summed E-state index contributed by atoms with van der Waals surface area (Å²) in [6.45, 7) is 15.0. The van der Waals surface area contributed by atoms with Crippen molar-refractivity contribution in [2.75, 3.05) is 6.61 Å². The molecule has 0 aliphatic carbocycles. The van der Waals surface area contributed by atoms with Crippen molar-refractivity contribution in [3.63, 3.8) is 0 Å². The van der Waals surface area contributed by atoms with Gasteiger partial charge in [-0.2, -0.15) is 0 Å². The molecule has 0 unspecified atom stereocenters. The minimum Gasteiger partial charge on any atom is -0.481 e. The van der Waals surface area contributed by atoms with Crippen molar-refractivity contribution in [2.24, 2.45) is 0 Å². The van der Waals surface area contributed by atoms with Crippen molar-refractivity contribution >= 4 is 37.6 Å². The van der Waals surface area contributed by atoms with Crippen LogP contribution < -0.4 is 0 Å². The Hall–Kier alpha value is -0.489. The number of unbranched alkanes of at least 4 members (excludes halogenated alkanes) is 14. The summed E-state index contributed by atoms with van der Waals surface area (Å²) in [4.78, 5) is 20.7. The molecule has 0 radical (unpaired) electrons. The van der Waals surface area contributed by atoms with E-state index in [-0.39, 0.29) is 0 Å². The molecule has 0 atom stereocenters. The van der Waals surface area contributed by atoms with Crippen LogP contribution >= 0.6 is 0 Å². The number of aliphatic carboxylic acids is 1. The molecule has 9 heteroatoms. The largest absolute Gasteiger partial charge is 0.481 e. The molecule has 0 amide bonds. The molecule has 0 heterocycles. The van der Waals surface area contributed by atoms with Gasteiger partial charge in [0.2, 0.25) is 0 Å². The number of carbonyl (C=O) groups is 2. The highest BCUT2D eigenvalue weighted by atomic mass is 28.5. The summed E-state index contributed by atoms with van der Waals surface area (Å²) in [6, 6.07) is 2.42. The highest BCUT2D eigenvalue weighted by Gasteiger charge is 2.39. The smallest absolute Gasteiger partial charge is 0.311 e. The van der Waals surface area contributed by atoms with Crippen LogP contribution in [0.15, 0.2) is 0 Å². The Morgan fingerprint density at radius 2 is 0.946 bits per heavy atom. The quantitative estimate of drug-likeness (QED) is 0.0597. The lowest BCUT2D eigenvalue weighted by Crippen LogP contribution is -2.52. The fraction of sp³-hybridized carbons (Fsp3) is 0.929. The van der Waals surface area contributed by atoms with E-state index in [2.05, 4.69) is 39.3 Å². The van der Waals surface area contributed by atoms with E-state index in [1.165, 1.54) is 82.7 Å². The SMILES string of the molecule is C[Si](C)(CCCCCCCCCCOC=O)O[Si](C)(C)O[Si](C)(C)CCCCCCCCCCC(=O)O. The molecule has 6 nitrogen and oxygen atoms in total. The number of hydrogen-bond acceptors (Lipinski definition) is 5. The predicted molar refractivity (Wildman–Crippen MR) is 162 cm³/mol. The Kier molecular flexibility index (Phi) is 21.1. The van der Waals surface area contributed by atoms with E-state index in [1.807, 2.05) is 0 Å². The van der Waals surface area contributed by atoms with Crippen LogP contribution in [-0.2, 0) is 22.6 Å². The Morgan fingerprint density at radius 3 is 1.32 bits per heavy atom. The Labute approximate surface area is 232 Å². The Bertz CT molecular complexity index is 584. The molecule has 220 valence electrons.